The first kappa shape index (κ1) is 23.1. The first-order chi connectivity index (χ1) is 14.1. The molecule has 6 nitrogen and oxygen atoms in total. The Bertz CT molecular complexity index is 851. The normalized spacial score (nSPS) is 13.1. The molecule has 10 heteroatoms. The molecule has 2 aromatic rings. The summed E-state index contributed by atoms with van der Waals surface area (Å²) in [6, 6.07) is 10.1. The van der Waals surface area contributed by atoms with Gasteiger partial charge in [-0.3, -0.25) is 4.79 Å². The number of amides is 1. The van der Waals surface area contributed by atoms with Crippen LogP contribution >= 0.6 is 0 Å². The van der Waals surface area contributed by atoms with E-state index in [0.717, 1.165) is 17.9 Å². The quantitative estimate of drug-likeness (QED) is 0.686. The minimum Gasteiger partial charge on any atom is -0.475 e. The van der Waals surface area contributed by atoms with E-state index in [0.29, 0.717) is 18.2 Å². The molecule has 0 atom stereocenters. The summed E-state index contributed by atoms with van der Waals surface area (Å²) in [5.74, 6) is -2.34. The Morgan fingerprint density at radius 1 is 1.17 bits per heavy atom. The summed E-state index contributed by atoms with van der Waals surface area (Å²) in [7, 11) is 0. The first-order valence-electron chi connectivity index (χ1n) is 9.17. The summed E-state index contributed by atoms with van der Waals surface area (Å²) in [5, 5.41) is 9.94. The molecule has 1 heterocycles. The van der Waals surface area contributed by atoms with E-state index >= 15 is 0 Å². The van der Waals surface area contributed by atoms with Crippen molar-refractivity contribution in [3.63, 3.8) is 0 Å². The third kappa shape index (κ3) is 7.02. The van der Waals surface area contributed by atoms with Crippen LogP contribution in [-0.2, 0) is 11.3 Å². The van der Waals surface area contributed by atoms with Crippen LogP contribution in [0.1, 0.15) is 35.7 Å². The van der Waals surface area contributed by atoms with Crippen LogP contribution in [0.2, 0.25) is 0 Å². The molecule has 0 aliphatic heterocycles. The number of hydrogen-bond acceptors (Lipinski definition) is 4. The van der Waals surface area contributed by atoms with Gasteiger partial charge in [0, 0.05) is 30.9 Å². The van der Waals surface area contributed by atoms with Crippen molar-refractivity contribution < 1.29 is 32.3 Å². The fourth-order valence-electron chi connectivity index (χ4n) is 2.57. The average molecular weight is 427 g/mol. The molecule has 30 heavy (non-hydrogen) atoms. The van der Waals surface area contributed by atoms with E-state index in [4.69, 9.17) is 9.90 Å². The number of halogens is 4. The van der Waals surface area contributed by atoms with Gasteiger partial charge in [-0.15, -0.1) is 0 Å². The van der Waals surface area contributed by atoms with Crippen molar-refractivity contribution in [1.29, 1.82) is 0 Å². The van der Waals surface area contributed by atoms with Crippen LogP contribution in [0.4, 0.5) is 23.4 Å². The van der Waals surface area contributed by atoms with E-state index in [2.05, 4.69) is 22.1 Å². The van der Waals surface area contributed by atoms with Crippen molar-refractivity contribution >= 4 is 17.7 Å². The van der Waals surface area contributed by atoms with E-state index < -0.39 is 12.1 Å². The summed E-state index contributed by atoms with van der Waals surface area (Å²) in [5.41, 5.74) is 1.39. The van der Waals surface area contributed by atoms with Gasteiger partial charge in [-0.1, -0.05) is 6.07 Å². The second-order valence-electron chi connectivity index (χ2n) is 6.53. The molecule has 0 saturated heterocycles. The highest BCUT2D eigenvalue weighted by Gasteiger charge is 2.38. The number of aliphatic carboxylic acids is 1. The lowest BCUT2D eigenvalue weighted by Gasteiger charge is -2.21. The number of hydrogen-bond donors (Lipinski definition) is 2. The number of pyridine rings is 1. The largest absolute Gasteiger partial charge is 0.490 e. The van der Waals surface area contributed by atoms with Gasteiger partial charge in [0.2, 0.25) is 0 Å². The van der Waals surface area contributed by atoms with Gasteiger partial charge in [-0.05, 0) is 55.7 Å². The van der Waals surface area contributed by atoms with E-state index in [1.54, 1.807) is 6.20 Å². The molecule has 162 valence electrons. The zero-order valence-corrected chi connectivity index (χ0v) is 16.1. The number of anilines is 1. The van der Waals surface area contributed by atoms with E-state index in [1.165, 1.54) is 37.1 Å². The van der Waals surface area contributed by atoms with Gasteiger partial charge in [-0.2, -0.15) is 13.2 Å². The molecule has 1 aliphatic rings. The van der Waals surface area contributed by atoms with Crippen molar-refractivity contribution in [3.05, 3.63) is 59.5 Å². The summed E-state index contributed by atoms with van der Waals surface area (Å²) in [4.78, 5) is 27.7. The summed E-state index contributed by atoms with van der Waals surface area (Å²) in [6.07, 6.45) is -0.804. The molecule has 0 spiro atoms. The number of alkyl halides is 3. The topological polar surface area (TPSA) is 82.5 Å². The Labute approximate surface area is 170 Å². The maximum absolute atomic E-state index is 12.9. The Balaban J connectivity index is 0.000000396. The fraction of sp³-hybridized carbons (Fsp3) is 0.350. The lowest BCUT2D eigenvalue weighted by molar-refractivity contribution is -0.192. The molecule has 1 amide bonds. The number of carboxylic acids is 1. The number of carbonyl (C=O) groups excluding carboxylic acids is 1. The third-order valence-electron chi connectivity index (χ3n) is 4.23. The van der Waals surface area contributed by atoms with Gasteiger partial charge in [0.15, 0.2) is 0 Å². The zero-order valence-electron chi connectivity index (χ0n) is 16.1. The Morgan fingerprint density at radius 3 is 2.20 bits per heavy atom. The smallest absolute Gasteiger partial charge is 0.475 e. The minimum atomic E-state index is -5.08. The van der Waals surface area contributed by atoms with Crippen molar-refractivity contribution in [2.24, 2.45) is 0 Å². The van der Waals surface area contributed by atoms with Crippen LogP contribution in [0.5, 0.6) is 0 Å². The number of rotatable bonds is 6. The second kappa shape index (κ2) is 10.0. The van der Waals surface area contributed by atoms with Crippen LogP contribution in [-0.4, -0.2) is 40.7 Å². The molecule has 0 unspecified atom stereocenters. The van der Waals surface area contributed by atoms with Gasteiger partial charge in [-0.25, -0.2) is 14.2 Å². The standard InChI is InChI=1S/C18H20FN3O.C2HF3O2/c1-2-22(16-8-9-16)17-10-3-13(11-20-17)12-21-18(23)14-4-6-15(19)7-5-14;3-2(4,5)1(6)7/h3-7,10-11,16H,2,8-9,12H2,1H3,(H,21,23);(H,6,7). The third-order valence-corrected chi connectivity index (χ3v) is 4.23. The summed E-state index contributed by atoms with van der Waals surface area (Å²) < 4.78 is 44.6. The van der Waals surface area contributed by atoms with Crippen molar-refractivity contribution in [2.45, 2.75) is 38.5 Å². The minimum absolute atomic E-state index is 0.220. The maximum Gasteiger partial charge on any atom is 0.490 e. The number of nitrogens with zero attached hydrogens (tertiary/aromatic N) is 2. The van der Waals surface area contributed by atoms with Gasteiger partial charge >= 0.3 is 12.1 Å². The monoisotopic (exact) mass is 427 g/mol. The lowest BCUT2D eigenvalue weighted by atomic mass is 10.2. The number of carbonyl (C=O) groups is 2. The highest BCUT2D eigenvalue weighted by molar-refractivity contribution is 5.94. The van der Waals surface area contributed by atoms with Gasteiger partial charge < -0.3 is 15.3 Å². The highest BCUT2D eigenvalue weighted by Crippen LogP contribution is 2.30. The summed E-state index contributed by atoms with van der Waals surface area (Å²) in [6.45, 7) is 3.49. The first-order valence-corrected chi connectivity index (χ1v) is 9.17. The van der Waals surface area contributed by atoms with E-state index in [9.17, 15) is 22.4 Å². The second-order valence-corrected chi connectivity index (χ2v) is 6.53. The van der Waals surface area contributed by atoms with Gasteiger partial charge in [0.25, 0.3) is 5.91 Å². The van der Waals surface area contributed by atoms with Crippen LogP contribution in [0, 0.1) is 5.82 Å². The lowest BCUT2D eigenvalue weighted by Crippen LogP contribution is -2.26. The predicted octanol–water partition coefficient (Wildman–Crippen LogP) is 3.77. The predicted molar refractivity (Wildman–Crippen MR) is 102 cm³/mol. The highest BCUT2D eigenvalue weighted by atomic mass is 19.4. The Kier molecular flexibility index (Phi) is 7.73. The Morgan fingerprint density at radius 2 is 1.77 bits per heavy atom. The number of benzene rings is 1. The van der Waals surface area contributed by atoms with E-state index in [1.807, 2.05) is 12.1 Å². The molecular formula is C20H21F4N3O3. The maximum atomic E-state index is 12.9. The fourth-order valence-corrected chi connectivity index (χ4v) is 2.57. The zero-order chi connectivity index (χ0) is 22.3. The van der Waals surface area contributed by atoms with Crippen LogP contribution in [0.15, 0.2) is 42.6 Å². The summed E-state index contributed by atoms with van der Waals surface area (Å²) >= 11 is 0. The molecule has 1 fully saturated rings. The molecular weight excluding hydrogens is 406 g/mol. The van der Waals surface area contributed by atoms with Gasteiger partial charge in [0.05, 0.1) is 0 Å². The molecule has 1 aromatic heterocycles. The number of aromatic nitrogens is 1. The van der Waals surface area contributed by atoms with Crippen LogP contribution in [0.3, 0.4) is 0 Å². The van der Waals surface area contributed by atoms with Crippen LogP contribution in [0.25, 0.3) is 0 Å². The van der Waals surface area contributed by atoms with Crippen molar-refractivity contribution in [3.8, 4) is 0 Å². The molecule has 1 aliphatic carbocycles. The molecule has 1 saturated carbocycles. The average Bonchev–Trinajstić information content (AvgIpc) is 3.53. The molecule has 3 rings (SSSR count). The molecule has 1 aromatic carbocycles. The van der Waals surface area contributed by atoms with Gasteiger partial charge in [0.1, 0.15) is 11.6 Å². The molecule has 2 N–H and O–H groups in total. The number of carboxylic acid groups (broad SMARTS) is 1. The van der Waals surface area contributed by atoms with Crippen LogP contribution < -0.4 is 10.2 Å². The van der Waals surface area contributed by atoms with E-state index in [-0.39, 0.29) is 11.7 Å². The number of nitrogens with one attached hydrogen (secondary N) is 1. The molecule has 0 bridgehead atoms. The van der Waals surface area contributed by atoms with Crippen molar-refractivity contribution in [1.82, 2.24) is 10.3 Å². The molecule has 0 radical (unpaired) electrons. The Hall–Kier alpha value is -3.17. The van der Waals surface area contributed by atoms with Crippen molar-refractivity contribution in [2.75, 3.05) is 11.4 Å². The SMILES string of the molecule is CCN(c1ccc(CNC(=O)c2ccc(F)cc2)cn1)C1CC1.O=C(O)C(F)(F)F.